The van der Waals surface area contributed by atoms with Crippen LogP contribution < -0.4 is 5.43 Å². The summed E-state index contributed by atoms with van der Waals surface area (Å²) >= 11 is 0. The van der Waals surface area contributed by atoms with Crippen molar-refractivity contribution in [2.75, 3.05) is 6.26 Å². The Bertz CT molecular complexity index is 668. The zero-order chi connectivity index (χ0) is 12.4. The standard InChI is InChI=1S/C13H12O3S/c1-9-3-4-11-12(14)8-10(5-6-17(2)15)16-13(11)7-9/h3-8H,1-2H3/b6-5+. The van der Waals surface area contributed by atoms with Crippen LogP contribution in [0.2, 0.25) is 0 Å². The normalized spacial score (nSPS) is 13.3. The second-order valence-corrected chi connectivity index (χ2v) is 5.08. The predicted octanol–water partition coefficient (Wildman–Crippen LogP) is 2.45. The molecule has 3 nitrogen and oxygen atoms in total. The van der Waals surface area contributed by atoms with E-state index in [9.17, 15) is 9.00 Å². The topological polar surface area (TPSA) is 47.3 Å². The summed E-state index contributed by atoms with van der Waals surface area (Å²) in [5.74, 6) is 0.420. The Kier molecular flexibility index (Phi) is 3.24. The highest BCUT2D eigenvalue weighted by Gasteiger charge is 2.02. The Morgan fingerprint density at radius 3 is 2.76 bits per heavy atom. The third-order valence-electron chi connectivity index (χ3n) is 2.33. The summed E-state index contributed by atoms with van der Waals surface area (Å²) < 4.78 is 16.5. The summed E-state index contributed by atoms with van der Waals surface area (Å²) in [7, 11) is -1.05. The maximum absolute atomic E-state index is 11.8. The van der Waals surface area contributed by atoms with Crippen molar-refractivity contribution in [3.63, 3.8) is 0 Å². The van der Waals surface area contributed by atoms with Crippen LogP contribution in [-0.4, -0.2) is 10.5 Å². The van der Waals surface area contributed by atoms with Gasteiger partial charge in [0.2, 0.25) is 0 Å². The van der Waals surface area contributed by atoms with Crippen molar-refractivity contribution in [3.8, 4) is 0 Å². The Morgan fingerprint density at radius 2 is 2.06 bits per heavy atom. The second-order valence-electron chi connectivity index (χ2n) is 3.81. The Hall–Kier alpha value is -1.68. The largest absolute Gasteiger partial charge is 0.456 e. The molecule has 0 radical (unpaired) electrons. The molecule has 1 atom stereocenters. The molecule has 2 aromatic rings. The van der Waals surface area contributed by atoms with E-state index >= 15 is 0 Å². The van der Waals surface area contributed by atoms with Gasteiger partial charge in [-0.25, -0.2) is 0 Å². The first-order valence-corrected chi connectivity index (χ1v) is 6.73. The number of fused-ring (bicyclic) bond motifs is 1. The lowest BCUT2D eigenvalue weighted by atomic mass is 10.1. The van der Waals surface area contributed by atoms with Crippen molar-refractivity contribution < 1.29 is 8.63 Å². The molecule has 0 saturated carbocycles. The lowest BCUT2D eigenvalue weighted by Crippen LogP contribution is -2.00. The van der Waals surface area contributed by atoms with Crippen LogP contribution in [0.15, 0.2) is 38.9 Å². The van der Waals surface area contributed by atoms with Gasteiger partial charge in [-0.3, -0.25) is 9.00 Å². The lowest BCUT2D eigenvalue weighted by Gasteiger charge is -1.99. The van der Waals surface area contributed by atoms with Crippen molar-refractivity contribution >= 4 is 27.8 Å². The SMILES string of the molecule is Cc1ccc2c(=O)cc(/C=C/S(C)=O)oc2c1. The first-order chi connectivity index (χ1) is 8.06. The molecule has 1 unspecified atom stereocenters. The molecule has 17 heavy (non-hydrogen) atoms. The van der Waals surface area contributed by atoms with E-state index in [4.69, 9.17) is 4.42 Å². The quantitative estimate of drug-likeness (QED) is 0.820. The molecule has 2 rings (SSSR count). The maximum atomic E-state index is 11.8. The van der Waals surface area contributed by atoms with Crippen LogP contribution in [-0.2, 0) is 10.8 Å². The van der Waals surface area contributed by atoms with Crippen LogP contribution in [0.1, 0.15) is 11.3 Å². The zero-order valence-corrected chi connectivity index (χ0v) is 10.4. The minimum absolute atomic E-state index is 0.0900. The molecule has 0 N–H and O–H groups in total. The van der Waals surface area contributed by atoms with Gasteiger partial charge < -0.3 is 4.42 Å². The van der Waals surface area contributed by atoms with Crippen LogP contribution in [0.3, 0.4) is 0 Å². The molecule has 0 aliphatic carbocycles. The average Bonchev–Trinajstić information content (AvgIpc) is 2.25. The van der Waals surface area contributed by atoms with Crippen LogP contribution in [0.4, 0.5) is 0 Å². The third kappa shape index (κ3) is 2.71. The van der Waals surface area contributed by atoms with E-state index in [1.807, 2.05) is 19.1 Å². The van der Waals surface area contributed by atoms with Gasteiger partial charge in [0, 0.05) is 28.5 Å². The molecular formula is C13H12O3S. The molecule has 0 bridgehead atoms. The van der Waals surface area contributed by atoms with E-state index in [0.29, 0.717) is 16.7 Å². The fraction of sp³-hybridized carbons (Fsp3) is 0.154. The molecule has 1 aromatic carbocycles. The van der Waals surface area contributed by atoms with Gasteiger partial charge in [-0.15, -0.1) is 0 Å². The Labute approximate surface area is 101 Å². The highest BCUT2D eigenvalue weighted by Crippen LogP contribution is 2.15. The van der Waals surface area contributed by atoms with Crippen molar-refractivity contribution in [1.29, 1.82) is 0 Å². The number of aryl methyl sites for hydroxylation is 1. The monoisotopic (exact) mass is 248 g/mol. The fourth-order valence-electron chi connectivity index (χ4n) is 1.53. The van der Waals surface area contributed by atoms with E-state index in [2.05, 4.69) is 0 Å². The number of hydrogen-bond acceptors (Lipinski definition) is 3. The first kappa shape index (κ1) is 11.8. The molecule has 0 fully saturated rings. The summed E-state index contributed by atoms with van der Waals surface area (Å²) in [6, 6.07) is 6.84. The summed E-state index contributed by atoms with van der Waals surface area (Å²) in [5, 5.41) is 2.05. The number of benzene rings is 1. The minimum atomic E-state index is -1.05. The third-order valence-corrected chi connectivity index (χ3v) is 2.85. The van der Waals surface area contributed by atoms with Gasteiger partial charge in [-0.1, -0.05) is 6.07 Å². The second kappa shape index (κ2) is 4.67. The van der Waals surface area contributed by atoms with E-state index < -0.39 is 10.8 Å². The summed E-state index contributed by atoms with van der Waals surface area (Å²) in [6.07, 6.45) is 3.11. The molecule has 1 heterocycles. The highest BCUT2D eigenvalue weighted by molar-refractivity contribution is 7.87. The molecule has 4 heteroatoms. The first-order valence-electron chi connectivity index (χ1n) is 5.11. The van der Waals surface area contributed by atoms with Gasteiger partial charge in [0.25, 0.3) is 0 Å². The number of rotatable bonds is 2. The van der Waals surface area contributed by atoms with Crippen LogP contribution in [0.25, 0.3) is 17.0 Å². The summed E-state index contributed by atoms with van der Waals surface area (Å²) in [6.45, 7) is 1.93. The van der Waals surface area contributed by atoms with E-state index in [-0.39, 0.29) is 5.43 Å². The summed E-state index contributed by atoms with van der Waals surface area (Å²) in [5.41, 5.74) is 1.49. The zero-order valence-electron chi connectivity index (χ0n) is 9.60. The fourth-order valence-corrected chi connectivity index (χ4v) is 1.85. The summed E-state index contributed by atoms with van der Waals surface area (Å²) in [4.78, 5) is 11.8. The molecule has 0 amide bonds. The van der Waals surface area contributed by atoms with Gasteiger partial charge in [0.1, 0.15) is 11.3 Å². The van der Waals surface area contributed by atoms with Gasteiger partial charge in [0.05, 0.1) is 5.39 Å². The van der Waals surface area contributed by atoms with Crippen molar-refractivity contribution in [1.82, 2.24) is 0 Å². The van der Waals surface area contributed by atoms with E-state index in [1.54, 1.807) is 18.4 Å². The van der Waals surface area contributed by atoms with Crippen LogP contribution >= 0.6 is 0 Å². The molecule has 0 aliphatic rings. The van der Waals surface area contributed by atoms with Crippen molar-refractivity contribution in [3.05, 3.63) is 51.2 Å². The van der Waals surface area contributed by atoms with E-state index in [1.165, 1.54) is 11.5 Å². The Balaban J connectivity index is 2.61. The van der Waals surface area contributed by atoms with E-state index in [0.717, 1.165) is 5.56 Å². The van der Waals surface area contributed by atoms with Gasteiger partial charge >= 0.3 is 0 Å². The van der Waals surface area contributed by atoms with Crippen LogP contribution in [0.5, 0.6) is 0 Å². The predicted molar refractivity (Wildman–Crippen MR) is 70.3 cm³/mol. The molecule has 0 saturated heterocycles. The van der Waals surface area contributed by atoms with Crippen molar-refractivity contribution in [2.24, 2.45) is 0 Å². The smallest absolute Gasteiger partial charge is 0.193 e. The van der Waals surface area contributed by atoms with Crippen LogP contribution in [0, 0.1) is 6.92 Å². The number of hydrogen-bond donors (Lipinski definition) is 0. The molecule has 0 aliphatic heterocycles. The molecule has 0 spiro atoms. The highest BCUT2D eigenvalue weighted by atomic mass is 32.2. The minimum Gasteiger partial charge on any atom is -0.456 e. The van der Waals surface area contributed by atoms with Gasteiger partial charge in [-0.05, 0) is 30.7 Å². The molecule has 88 valence electrons. The van der Waals surface area contributed by atoms with Gasteiger partial charge in [0.15, 0.2) is 5.43 Å². The Morgan fingerprint density at radius 1 is 1.29 bits per heavy atom. The average molecular weight is 248 g/mol. The molecule has 1 aromatic heterocycles. The van der Waals surface area contributed by atoms with Crippen molar-refractivity contribution in [2.45, 2.75) is 6.92 Å². The molecular weight excluding hydrogens is 236 g/mol. The maximum Gasteiger partial charge on any atom is 0.193 e. The van der Waals surface area contributed by atoms with Gasteiger partial charge in [-0.2, -0.15) is 0 Å². The lowest BCUT2D eigenvalue weighted by molar-refractivity contribution is 0.590.